The SMILES string of the molecule is O=C(NCC1CN(Cc2ccccc2)CCO1)c1nc(-c2cccs2)n(-c2ccccc2)n1. The van der Waals surface area contributed by atoms with Gasteiger partial charge in [0.1, 0.15) is 0 Å². The molecule has 1 N–H and O–H groups in total. The molecule has 0 spiro atoms. The summed E-state index contributed by atoms with van der Waals surface area (Å²) in [7, 11) is 0. The van der Waals surface area contributed by atoms with E-state index in [1.165, 1.54) is 5.56 Å². The fourth-order valence-electron chi connectivity index (χ4n) is 3.90. The van der Waals surface area contributed by atoms with Crippen LogP contribution in [-0.4, -0.2) is 57.9 Å². The van der Waals surface area contributed by atoms with E-state index < -0.39 is 0 Å². The maximum absolute atomic E-state index is 12.9. The molecule has 0 radical (unpaired) electrons. The summed E-state index contributed by atoms with van der Waals surface area (Å²) in [5, 5.41) is 9.47. The Morgan fingerprint density at radius 3 is 2.61 bits per heavy atom. The molecule has 1 aliphatic heterocycles. The number of rotatable bonds is 7. The topological polar surface area (TPSA) is 72.3 Å². The van der Waals surface area contributed by atoms with Crippen molar-refractivity contribution in [2.24, 2.45) is 0 Å². The Kier molecular flexibility index (Phi) is 6.57. The van der Waals surface area contributed by atoms with Gasteiger partial charge >= 0.3 is 0 Å². The molecule has 8 heteroatoms. The van der Waals surface area contributed by atoms with Crippen molar-refractivity contribution in [3.8, 4) is 16.4 Å². The van der Waals surface area contributed by atoms with Crippen LogP contribution in [0.15, 0.2) is 78.2 Å². The lowest BCUT2D eigenvalue weighted by Gasteiger charge is -2.33. The summed E-state index contributed by atoms with van der Waals surface area (Å²) < 4.78 is 7.61. The van der Waals surface area contributed by atoms with Crippen LogP contribution in [0.4, 0.5) is 0 Å². The fraction of sp³-hybridized carbons (Fsp3) is 0.240. The largest absolute Gasteiger partial charge is 0.374 e. The lowest BCUT2D eigenvalue weighted by atomic mass is 10.2. The second-order valence-electron chi connectivity index (χ2n) is 7.91. The highest BCUT2D eigenvalue weighted by Crippen LogP contribution is 2.25. The van der Waals surface area contributed by atoms with Crippen molar-refractivity contribution >= 4 is 17.2 Å². The summed E-state index contributed by atoms with van der Waals surface area (Å²) in [5.41, 5.74) is 2.14. The number of nitrogens with one attached hydrogen (secondary N) is 1. The number of ether oxygens (including phenoxy) is 1. The van der Waals surface area contributed by atoms with E-state index in [4.69, 9.17) is 4.74 Å². The molecule has 1 fully saturated rings. The third-order valence-corrected chi connectivity index (χ3v) is 6.38. The van der Waals surface area contributed by atoms with Crippen molar-refractivity contribution in [1.82, 2.24) is 25.0 Å². The van der Waals surface area contributed by atoms with E-state index in [1.807, 2.05) is 53.9 Å². The molecular weight excluding hydrogens is 434 g/mol. The lowest BCUT2D eigenvalue weighted by molar-refractivity contribution is -0.0293. The summed E-state index contributed by atoms with van der Waals surface area (Å²) in [6.07, 6.45) is -0.0700. The molecular formula is C25H25N5O2S. The van der Waals surface area contributed by atoms with Crippen LogP contribution in [0.5, 0.6) is 0 Å². The molecule has 33 heavy (non-hydrogen) atoms. The van der Waals surface area contributed by atoms with Crippen LogP contribution in [-0.2, 0) is 11.3 Å². The van der Waals surface area contributed by atoms with Crippen molar-refractivity contribution < 1.29 is 9.53 Å². The minimum atomic E-state index is -0.300. The number of para-hydroxylation sites is 1. The number of hydrogen-bond acceptors (Lipinski definition) is 6. The Morgan fingerprint density at radius 2 is 1.85 bits per heavy atom. The van der Waals surface area contributed by atoms with Crippen molar-refractivity contribution in [1.29, 1.82) is 0 Å². The number of carbonyl (C=O) groups is 1. The van der Waals surface area contributed by atoms with Gasteiger partial charge in [0.2, 0.25) is 5.82 Å². The zero-order valence-electron chi connectivity index (χ0n) is 18.1. The van der Waals surface area contributed by atoms with E-state index in [1.54, 1.807) is 16.0 Å². The molecule has 1 amide bonds. The van der Waals surface area contributed by atoms with E-state index in [0.29, 0.717) is 19.0 Å². The first kappa shape index (κ1) is 21.5. The zero-order chi connectivity index (χ0) is 22.5. The molecule has 5 rings (SSSR count). The molecule has 1 atom stereocenters. The van der Waals surface area contributed by atoms with Crippen LogP contribution in [0, 0.1) is 0 Å². The van der Waals surface area contributed by atoms with Gasteiger partial charge in [0.25, 0.3) is 5.91 Å². The molecule has 0 aliphatic carbocycles. The number of thiophene rings is 1. The van der Waals surface area contributed by atoms with E-state index in [0.717, 1.165) is 30.2 Å². The summed E-state index contributed by atoms with van der Waals surface area (Å²) in [6, 6.07) is 24.1. The summed E-state index contributed by atoms with van der Waals surface area (Å²) in [4.78, 5) is 20.8. The standard InChI is InChI=1S/C25H25N5O2S/c31-25(26-16-21-18-29(13-14-32-21)17-19-8-3-1-4-9-19)23-27-24(22-12-7-15-33-22)30(28-23)20-10-5-2-6-11-20/h1-12,15,21H,13-14,16-18H2,(H,26,31). The highest BCUT2D eigenvalue weighted by Gasteiger charge is 2.23. The monoisotopic (exact) mass is 459 g/mol. The fourth-order valence-corrected chi connectivity index (χ4v) is 4.60. The highest BCUT2D eigenvalue weighted by atomic mass is 32.1. The van der Waals surface area contributed by atoms with Gasteiger partial charge < -0.3 is 10.1 Å². The molecule has 2 aromatic heterocycles. The number of carbonyl (C=O) groups excluding carboxylic acids is 1. The van der Waals surface area contributed by atoms with Gasteiger partial charge in [0, 0.05) is 26.2 Å². The van der Waals surface area contributed by atoms with Crippen LogP contribution >= 0.6 is 11.3 Å². The van der Waals surface area contributed by atoms with Crippen LogP contribution in [0.1, 0.15) is 16.2 Å². The Bertz CT molecular complexity index is 1180. The second kappa shape index (κ2) is 10.1. The van der Waals surface area contributed by atoms with Gasteiger partial charge in [-0.15, -0.1) is 16.4 Å². The van der Waals surface area contributed by atoms with Gasteiger partial charge in [-0.2, -0.15) is 0 Å². The maximum Gasteiger partial charge on any atom is 0.291 e. The van der Waals surface area contributed by atoms with Gasteiger partial charge in [-0.1, -0.05) is 54.6 Å². The van der Waals surface area contributed by atoms with Crippen LogP contribution < -0.4 is 5.32 Å². The van der Waals surface area contributed by atoms with Gasteiger partial charge in [-0.25, -0.2) is 9.67 Å². The quantitative estimate of drug-likeness (QED) is 0.457. The van der Waals surface area contributed by atoms with Crippen molar-refractivity contribution in [3.63, 3.8) is 0 Å². The Morgan fingerprint density at radius 1 is 1.06 bits per heavy atom. The third-order valence-electron chi connectivity index (χ3n) is 5.51. The minimum absolute atomic E-state index is 0.0700. The van der Waals surface area contributed by atoms with Gasteiger partial charge in [-0.05, 0) is 29.1 Å². The smallest absolute Gasteiger partial charge is 0.291 e. The van der Waals surface area contributed by atoms with E-state index in [2.05, 4.69) is 44.6 Å². The van der Waals surface area contributed by atoms with Crippen molar-refractivity contribution in [3.05, 3.63) is 89.6 Å². The average molecular weight is 460 g/mol. The number of benzene rings is 2. The van der Waals surface area contributed by atoms with Gasteiger partial charge in [0.05, 0.1) is 23.3 Å². The first-order valence-electron chi connectivity index (χ1n) is 11.0. The number of amides is 1. The van der Waals surface area contributed by atoms with Crippen LogP contribution in [0.25, 0.3) is 16.4 Å². The Balaban J connectivity index is 1.25. The molecule has 7 nitrogen and oxygen atoms in total. The van der Waals surface area contributed by atoms with Gasteiger partial charge in [0.15, 0.2) is 5.82 Å². The zero-order valence-corrected chi connectivity index (χ0v) is 18.9. The molecule has 168 valence electrons. The van der Waals surface area contributed by atoms with Crippen molar-refractivity contribution in [2.75, 3.05) is 26.2 Å². The number of hydrogen-bond donors (Lipinski definition) is 1. The van der Waals surface area contributed by atoms with Crippen molar-refractivity contribution in [2.45, 2.75) is 12.6 Å². The predicted octanol–water partition coefficient (Wildman–Crippen LogP) is 3.63. The van der Waals surface area contributed by atoms with Crippen LogP contribution in [0.2, 0.25) is 0 Å². The molecule has 4 aromatic rings. The van der Waals surface area contributed by atoms with E-state index >= 15 is 0 Å². The predicted molar refractivity (Wildman–Crippen MR) is 128 cm³/mol. The minimum Gasteiger partial charge on any atom is -0.374 e. The highest BCUT2D eigenvalue weighted by molar-refractivity contribution is 7.13. The Hall–Kier alpha value is -3.33. The molecule has 1 aliphatic rings. The third kappa shape index (κ3) is 5.19. The molecule has 1 unspecified atom stereocenters. The average Bonchev–Trinajstić information content (AvgIpc) is 3.54. The lowest BCUT2D eigenvalue weighted by Crippen LogP contribution is -2.47. The normalized spacial score (nSPS) is 16.5. The number of aromatic nitrogens is 3. The molecule has 1 saturated heterocycles. The molecule has 2 aromatic carbocycles. The van der Waals surface area contributed by atoms with Crippen LogP contribution in [0.3, 0.4) is 0 Å². The maximum atomic E-state index is 12.9. The molecule has 0 saturated carbocycles. The first-order chi connectivity index (χ1) is 16.3. The molecule has 0 bridgehead atoms. The summed E-state index contributed by atoms with van der Waals surface area (Å²) in [6.45, 7) is 3.59. The van der Waals surface area contributed by atoms with Gasteiger partial charge in [-0.3, -0.25) is 9.69 Å². The number of nitrogens with zero attached hydrogens (tertiary/aromatic N) is 4. The first-order valence-corrected chi connectivity index (χ1v) is 11.9. The summed E-state index contributed by atoms with van der Waals surface area (Å²) >= 11 is 1.57. The summed E-state index contributed by atoms with van der Waals surface area (Å²) in [5.74, 6) is 0.509. The Labute approximate surface area is 196 Å². The number of morpholine rings is 1. The molecule has 3 heterocycles. The van der Waals surface area contributed by atoms with E-state index in [-0.39, 0.29) is 17.8 Å². The van der Waals surface area contributed by atoms with E-state index in [9.17, 15) is 4.79 Å². The second-order valence-corrected chi connectivity index (χ2v) is 8.85.